The van der Waals surface area contributed by atoms with Crippen molar-refractivity contribution in [1.82, 2.24) is 15.3 Å². The van der Waals surface area contributed by atoms with Crippen LogP contribution in [0.1, 0.15) is 40.3 Å². The van der Waals surface area contributed by atoms with Crippen LogP contribution in [0.15, 0.2) is 67.1 Å². The van der Waals surface area contributed by atoms with Crippen LogP contribution in [0.2, 0.25) is 0 Å². The van der Waals surface area contributed by atoms with Crippen molar-refractivity contribution in [2.24, 2.45) is 0 Å². The van der Waals surface area contributed by atoms with Gasteiger partial charge in [0.1, 0.15) is 5.75 Å². The number of hydrogen-bond donors (Lipinski definition) is 2. The summed E-state index contributed by atoms with van der Waals surface area (Å²) in [5.74, 6) is 0.0497. The van der Waals surface area contributed by atoms with Crippen LogP contribution in [-0.4, -0.2) is 27.9 Å². The molecule has 0 aliphatic rings. The van der Waals surface area contributed by atoms with E-state index in [4.69, 9.17) is 4.74 Å². The van der Waals surface area contributed by atoms with E-state index >= 15 is 0 Å². The van der Waals surface area contributed by atoms with E-state index in [1.165, 1.54) is 18.5 Å². The first-order valence-electron chi connectivity index (χ1n) is 9.22. The van der Waals surface area contributed by atoms with E-state index in [1.54, 1.807) is 30.5 Å². The minimum Gasteiger partial charge on any atom is -0.491 e. The second-order valence-corrected chi connectivity index (χ2v) is 6.61. The van der Waals surface area contributed by atoms with Crippen molar-refractivity contribution in [3.63, 3.8) is 0 Å². The van der Waals surface area contributed by atoms with Gasteiger partial charge in [-0.2, -0.15) is 0 Å². The Labute approximate surface area is 169 Å². The molecule has 0 radical (unpaired) electrons. The number of ether oxygens (including phenoxy) is 1. The number of rotatable bonds is 7. The molecule has 3 aromatic rings. The molecule has 2 aromatic heterocycles. The van der Waals surface area contributed by atoms with E-state index in [1.807, 2.05) is 32.0 Å². The second kappa shape index (κ2) is 9.45. The van der Waals surface area contributed by atoms with Gasteiger partial charge in [-0.15, -0.1) is 0 Å². The number of nitrogens with one attached hydrogen (secondary N) is 2. The maximum atomic E-state index is 12.5. The highest BCUT2D eigenvalue weighted by Gasteiger charge is 2.12. The van der Waals surface area contributed by atoms with Gasteiger partial charge in [0, 0.05) is 24.3 Å². The Hall–Kier alpha value is -3.74. The van der Waals surface area contributed by atoms with E-state index in [9.17, 15) is 9.59 Å². The zero-order valence-corrected chi connectivity index (χ0v) is 16.3. The first-order valence-corrected chi connectivity index (χ1v) is 9.22. The molecule has 0 atom stereocenters. The van der Waals surface area contributed by atoms with Crippen molar-refractivity contribution in [2.75, 3.05) is 5.32 Å². The fourth-order valence-electron chi connectivity index (χ4n) is 2.56. The molecule has 7 heteroatoms. The molecule has 0 saturated heterocycles. The van der Waals surface area contributed by atoms with E-state index in [2.05, 4.69) is 20.6 Å². The number of aromatic nitrogens is 2. The third kappa shape index (κ3) is 5.87. The molecular formula is C22H22N4O3. The number of hydrogen-bond acceptors (Lipinski definition) is 5. The van der Waals surface area contributed by atoms with Crippen LogP contribution in [0.25, 0.3) is 0 Å². The van der Waals surface area contributed by atoms with Gasteiger partial charge in [-0.1, -0.05) is 6.07 Å². The lowest BCUT2D eigenvalue weighted by atomic mass is 10.1. The maximum Gasteiger partial charge on any atom is 0.257 e. The van der Waals surface area contributed by atoms with Crippen molar-refractivity contribution in [2.45, 2.75) is 26.5 Å². The van der Waals surface area contributed by atoms with Gasteiger partial charge in [0.05, 0.1) is 29.5 Å². The average molecular weight is 390 g/mol. The molecule has 2 heterocycles. The zero-order chi connectivity index (χ0) is 20.6. The second-order valence-electron chi connectivity index (χ2n) is 6.61. The molecular weight excluding hydrogens is 368 g/mol. The van der Waals surface area contributed by atoms with Crippen LogP contribution < -0.4 is 15.4 Å². The topological polar surface area (TPSA) is 93.2 Å². The van der Waals surface area contributed by atoms with Gasteiger partial charge in [-0.25, -0.2) is 0 Å². The van der Waals surface area contributed by atoms with Crippen LogP contribution >= 0.6 is 0 Å². The smallest absolute Gasteiger partial charge is 0.257 e. The summed E-state index contributed by atoms with van der Waals surface area (Å²) in [5.41, 5.74) is 1.95. The van der Waals surface area contributed by atoms with Gasteiger partial charge in [-0.05, 0) is 56.3 Å². The molecule has 29 heavy (non-hydrogen) atoms. The maximum absolute atomic E-state index is 12.5. The van der Waals surface area contributed by atoms with Crippen molar-refractivity contribution < 1.29 is 14.3 Å². The molecule has 3 rings (SSSR count). The van der Waals surface area contributed by atoms with E-state index in [0.29, 0.717) is 17.8 Å². The number of anilines is 1. The Morgan fingerprint density at radius 1 is 1.00 bits per heavy atom. The van der Waals surface area contributed by atoms with Crippen molar-refractivity contribution in [3.8, 4) is 5.75 Å². The number of nitrogens with zero attached hydrogens (tertiary/aromatic N) is 2. The quantitative estimate of drug-likeness (QED) is 0.645. The normalized spacial score (nSPS) is 10.4. The number of amides is 2. The van der Waals surface area contributed by atoms with Crippen LogP contribution in [0, 0.1) is 0 Å². The molecule has 0 saturated carbocycles. The minimum absolute atomic E-state index is 0.0769. The highest BCUT2D eigenvalue weighted by Crippen LogP contribution is 2.17. The largest absolute Gasteiger partial charge is 0.491 e. The summed E-state index contributed by atoms with van der Waals surface area (Å²) in [6, 6.07) is 14.1. The summed E-state index contributed by atoms with van der Waals surface area (Å²) < 4.78 is 5.58. The molecule has 0 bridgehead atoms. The third-order valence-corrected chi connectivity index (χ3v) is 3.90. The Kier molecular flexibility index (Phi) is 6.52. The van der Waals surface area contributed by atoms with E-state index < -0.39 is 0 Å². The van der Waals surface area contributed by atoms with Crippen molar-refractivity contribution in [1.29, 1.82) is 0 Å². The molecule has 2 N–H and O–H groups in total. The molecule has 1 aromatic carbocycles. The SMILES string of the molecule is CC(C)Oc1ccc(NC(=O)c2cncc(C(=O)NCc3ccccn3)c2)cc1. The van der Waals surface area contributed by atoms with Gasteiger partial charge >= 0.3 is 0 Å². The minimum atomic E-state index is -0.352. The first kappa shape index (κ1) is 20.0. The Bertz CT molecular complexity index is 973. The molecule has 0 unspecified atom stereocenters. The summed E-state index contributed by atoms with van der Waals surface area (Å²) in [6.45, 7) is 4.19. The number of benzene rings is 1. The summed E-state index contributed by atoms with van der Waals surface area (Å²) in [6.07, 6.45) is 4.58. The fraction of sp³-hybridized carbons (Fsp3) is 0.182. The van der Waals surface area contributed by atoms with Gasteiger partial charge in [0.2, 0.25) is 0 Å². The Balaban J connectivity index is 1.62. The van der Waals surface area contributed by atoms with Crippen molar-refractivity contribution in [3.05, 3.63) is 83.9 Å². The van der Waals surface area contributed by atoms with Gasteiger partial charge in [0.25, 0.3) is 11.8 Å². The number of pyridine rings is 2. The van der Waals surface area contributed by atoms with Crippen LogP contribution in [0.3, 0.4) is 0 Å². The Morgan fingerprint density at radius 2 is 1.72 bits per heavy atom. The summed E-state index contributed by atoms with van der Waals surface area (Å²) in [4.78, 5) is 33.0. The van der Waals surface area contributed by atoms with Crippen LogP contribution in [0.4, 0.5) is 5.69 Å². The van der Waals surface area contributed by atoms with Crippen LogP contribution in [-0.2, 0) is 6.54 Å². The third-order valence-electron chi connectivity index (χ3n) is 3.90. The number of carbonyl (C=O) groups is 2. The van der Waals surface area contributed by atoms with Crippen molar-refractivity contribution >= 4 is 17.5 Å². The number of carbonyl (C=O) groups excluding carboxylic acids is 2. The molecule has 0 aliphatic heterocycles. The lowest BCUT2D eigenvalue weighted by Crippen LogP contribution is -2.24. The fourth-order valence-corrected chi connectivity index (χ4v) is 2.56. The summed E-state index contributed by atoms with van der Waals surface area (Å²) in [5, 5.41) is 5.55. The highest BCUT2D eigenvalue weighted by molar-refractivity contribution is 6.05. The first-order chi connectivity index (χ1) is 14.0. The van der Waals surface area contributed by atoms with Gasteiger partial charge in [-0.3, -0.25) is 19.6 Å². The Morgan fingerprint density at radius 3 is 2.38 bits per heavy atom. The lowest BCUT2D eigenvalue weighted by Gasteiger charge is -2.11. The molecule has 148 valence electrons. The zero-order valence-electron chi connectivity index (χ0n) is 16.3. The summed E-state index contributed by atoms with van der Waals surface area (Å²) in [7, 11) is 0. The predicted octanol–water partition coefficient (Wildman–Crippen LogP) is 3.45. The van der Waals surface area contributed by atoms with E-state index in [0.717, 1.165) is 11.4 Å². The lowest BCUT2D eigenvalue weighted by molar-refractivity contribution is 0.0950. The van der Waals surface area contributed by atoms with E-state index in [-0.39, 0.29) is 23.5 Å². The monoisotopic (exact) mass is 390 g/mol. The summed E-state index contributed by atoms with van der Waals surface area (Å²) >= 11 is 0. The van der Waals surface area contributed by atoms with Gasteiger partial charge < -0.3 is 15.4 Å². The molecule has 0 fully saturated rings. The average Bonchev–Trinajstić information content (AvgIpc) is 2.74. The molecule has 2 amide bonds. The molecule has 0 spiro atoms. The highest BCUT2D eigenvalue weighted by atomic mass is 16.5. The van der Waals surface area contributed by atoms with Crippen LogP contribution in [0.5, 0.6) is 5.75 Å². The molecule has 0 aliphatic carbocycles. The molecule has 7 nitrogen and oxygen atoms in total. The standard InChI is InChI=1S/C22H22N4O3/c1-15(2)29-20-8-6-18(7-9-20)26-22(28)17-11-16(12-23-13-17)21(27)25-14-19-5-3-4-10-24-19/h3-13,15H,14H2,1-2H3,(H,25,27)(H,26,28). The predicted molar refractivity (Wildman–Crippen MR) is 110 cm³/mol. The van der Waals surface area contributed by atoms with Gasteiger partial charge in [0.15, 0.2) is 0 Å².